The van der Waals surface area contributed by atoms with Gasteiger partial charge in [0.05, 0.1) is 23.5 Å². The summed E-state index contributed by atoms with van der Waals surface area (Å²) in [6, 6.07) is 5.42. The molecule has 2 aromatic rings. The van der Waals surface area contributed by atoms with Gasteiger partial charge in [-0.2, -0.15) is 13.2 Å². The molecule has 1 amide bonds. The zero-order chi connectivity index (χ0) is 22.4. The molecule has 0 radical (unpaired) electrons. The van der Waals surface area contributed by atoms with E-state index in [0.717, 1.165) is 50.2 Å². The quantitative estimate of drug-likeness (QED) is 0.607. The number of piperidine rings is 1. The van der Waals surface area contributed by atoms with Gasteiger partial charge in [-0.25, -0.2) is 0 Å². The highest BCUT2D eigenvalue weighted by Gasteiger charge is 2.35. The molecule has 0 unspecified atom stereocenters. The topological polar surface area (TPSA) is 63.1 Å². The van der Waals surface area contributed by atoms with Gasteiger partial charge in [0, 0.05) is 6.54 Å². The van der Waals surface area contributed by atoms with Crippen molar-refractivity contribution in [2.75, 3.05) is 25.4 Å². The monoisotopic (exact) mass is 455 g/mol. The Morgan fingerprint density at radius 2 is 1.87 bits per heavy atom. The van der Waals surface area contributed by atoms with Crippen molar-refractivity contribution in [3.8, 4) is 5.69 Å². The molecule has 2 heterocycles. The van der Waals surface area contributed by atoms with E-state index in [0.29, 0.717) is 24.8 Å². The summed E-state index contributed by atoms with van der Waals surface area (Å²) in [6.45, 7) is 6.71. The van der Waals surface area contributed by atoms with E-state index in [1.807, 2.05) is 13.8 Å². The number of nitrogens with one attached hydrogen (secondary N) is 1. The Hall–Kier alpha value is -2.07. The maximum absolute atomic E-state index is 13.7. The number of alkyl halides is 3. The van der Waals surface area contributed by atoms with Crippen LogP contribution in [0, 0.1) is 5.92 Å². The molecular weight excluding hydrogens is 427 g/mol. The van der Waals surface area contributed by atoms with Gasteiger partial charge in [-0.3, -0.25) is 14.3 Å². The number of thioether (sulfide) groups is 1. The van der Waals surface area contributed by atoms with Crippen molar-refractivity contribution >= 4 is 17.7 Å². The van der Waals surface area contributed by atoms with Crippen molar-refractivity contribution in [3.05, 3.63) is 35.7 Å². The van der Waals surface area contributed by atoms with Gasteiger partial charge in [0.15, 0.2) is 11.0 Å². The number of hydrogen-bond donors (Lipinski definition) is 1. The molecule has 31 heavy (non-hydrogen) atoms. The minimum Gasteiger partial charge on any atom is -0.355 e. The second kappa shape index (κ2) is 10.5. The van der Waals surface area contributed by atoms with Crippen LogP contribution >= 0.6 is 11.8 Å². The third kappa shape index (κ3) is 6.46. The fourth-order valence-electron chi connectivity index (χ4n) is 3.46. The van der Waals surface area contributed by atoms with Crippen LogP contribution in [0.25, 0.3) is 5.69 Å². The summed E-state index contributed by atoms with van der Waals surface area (Å²) in [4.78, 5) is 14.3. The number of amides is 1. The van der Waals surface area contributed by atoms with E-state index in [2.05, 4.69) is 20.4 Å². The standard InChI is InChI=1S/C21H28F3N5OS/c1-15(2)12-25-19(30)14-31-20-27-26-18(13-28-10-6-3-7-11-28)29(20)17-9-5-4-8-16(17)21(22,23)24/h4-5,8-9,15H,3,6-7,10-14H2,1-2H3,(H,25,30). The second-order valence-electron chi connectivity index (χ2n) is 8.07. The molecule has 3 rings (SSSR count). The number of rotatable bonds is 8. The molecule has 6 nitrogen and oxygen atoms in total. The number of nitrogens with zero attached hydrogens (tertiary/aromatic N) is 4. The molecule has 0 aliphatic carbocycles. The molecule has 1 fully saturated rings. The Balaban J connectivity index is 1.90. The van der Waals surface area contributed by atoms with Crippen molar-refractivity contribution < 1.29 is 18.0 Å². The molecule has 0 bridgehead atoms. The Labute approximate surface area is 184 Å². The van der Waals surface area contributed by atoms with Gasteiger partial charge < -0.3 is 5.32 Å². The summed E-state index contributed by atoms with van der Waals surface area (Å²) in [5.74, 6) is 0.633. The smallest absolute Gasteiger partial charge is 0.355 e. The van der Waals surface area contributed by atoms with Gasteiger partial charge in [0.25, 0.3) is 0 Å². The fourth-order valence-corrected chi connectivity index (χ4v) is 4.26. The first kappa shape index (κ1) is 23.6. The fraction of sp³-hybridized carbons (Fsp3) is 0.571. The average Bonchev–Trinajstić information content (AvgIpc) is 3.13. The lowest BCUT2D eigenvalue weighted by Gasteiger charge is -2.26. The molecule has 1 saturated heterocycles. The summed E-state index contributed by atoms with van der Waals surface area (Å²) in [5.41, 5.74) is -0.766. The van der Waals surface area contributed by atoms with Crippen LogP contribution in [0.5, 0.6) is 0 Å². The zero-order valence-corrected chi connectivity index (χ0v) is 18.6. The van der Waals surface area contributed by atoms with E-state index >= 15 is 0 Å². The number of para-hydroxylation sites is 1. The number of aromatic nitrogens is 3. The maximum Gasteiger partial charge on any atom is 0.418 e. The van der Waals surface area contributed by atoms with Crippen molar-refractivity contribution in [2.24, 2.45) is 5.92 Å². The summed E-state index contributed by atoms with van der Waals surface area (Å²) in [7, 11) is 0. The van der Waals surface area contributed by atoms with Crippen molar-refractivity contribution in [2.45, 2.75) is 51.0 Å². The Kier molecular flexibility index (Phi) is 7.99. The van der Waals surface area contributed by atoms with Gasteiger partial charge in [-0.15, -0.1) is 10.2 Å². The van der Waals surface area contributed by atoms with Crippen LogP contribution in [-0.2, 0) is 17.5 Å². The molecular formula is C21H28F3N5OS. The average molecular weight is 456 g/mol. The van der Waals surface area contributed by atoms with Gasteiger partial charge in [-0.05, 0) is 44.0 Å². The van der Waals surface area contributed by atoms with Crippen LogP contribution in [0.3, 0.4) is 0 Å². The summed E-state index contributed by atoms with van der Waals surface area (Å²) >= 11 is 1.10. The highest BCUT2D eigenvalue weighted by atomic mass is 32.2. The van der Waals surface area contributed by atoms with Crippen molar-refractivity contribution in [3.63, 3.8) is 0 Å². The predicted molar refractivity (Wildman–Crippen MR) is 114 cm³/mol. The largest absolute Gasteiger partial charge is 0.418 e. The van der Waals surface area contributed by atoms with Crippen LogP contribution in [-0.4, -0.2) is 51.0 Å². The highest BCUT2D eigenvalue weighted by molar-refractivity contribution is 7.99. The van der Waals surface area contributed by atoms with Crippen LogP contribution in [0.2, 0.25) is 0 Å². The number of benzene rings is 1. The maximum atomic E-state index is 13.7. The highest BCUT2D eigenvalue weighted by Crippen LogP contribution is 2.36. The number of likely N-dealkylation sites (tertiary alicyclic amines) is 1. The predicted octanol–water partition coefficient (Wildman–Crippen LogP) is 4.14. The zero-order valence-electron chi connectivity index (χ0n) is 17.8. The lowest BCUT2D eigenvalue weighted by molar-refractivity contribution is -0.137. The van der Waals surface area contributed by atoms with E-state index < -0.39 is 11.7 Å². The SMILES string of the molecule is CC(C)CNC(=O)CSc1nnc(CN2CCCCC2)n1-c1ccccc1C(F)(F)F. The Morgan fingerprint density at radius 3 is 2.55 bits per heavy atom. The van der Waals surface area contributed by atoms with Gasteiger partial charge in [0.1, 0.15) is 0 Å². The van der Waals surface area contributed by atoms with Crippen LogP contribution in [0.15, 0.2) is 29.4 Å². The third-order valence-corrected chi connectivity index (χ3v) is 5.93. The second-order valence-corrected chi connectivity index (χ2v) is 9.02. The van der Waals surface area contributed by atoms with E-state index in [1.165, 1.54) is 16.7 Å². The lowest BCUT2D eigenvalue weighted by Crippen LogP contribution is -2.30. The lowest BCUT2D eigenvalue weighted by atomic mass is 10.1. The number of carbonyl (C=O) groups is 1. The normalized spacial score (nSPS) is 15.4. The molecule has 1 N–H and O–H groups in total. The first-order valence-electron chi connectivity index (χ1n) is 10.5. The van der Waals surface area contributed by atoms with E-state index in [4.69, 9.17) is 0 Å². The van der Waals surface area contributed by atoms with Crippen molar-refractivity contribution in [1.29, 1.82) is 0 Å². The Bertz CT molecular complexity index is 878. The van der Waals surface area contributed by atoms with Crippen LogP contribution in [0.1, 0.15) is 44.5 Å². The summed E-state index contributed by atoms with van der Waals surface area (Å²) in [5, 5.41) is 11.5. The summed E-state index contributed by atoms with van der Waals surface area (Å²) < 4.78 is 42.6. The van der Waals surface area contributed by atoms with E-state index in [9.17, 15) is 18.0 Å². The molecule has 10 heteroatoms. The molecule has 1 aromatic carbocycles. The molecule has 1 aromatic heterocycles. The molecule has 0 atom stereocenters. The van der Waals surface area contributed by atoms with Gasteiger partial charge in [-0.1, -0.05) is 44.2 Å². The minimum atomic E-state index is -4.51. The first-order chi connectivity index (χ1) is 14.8. The van der Waals surface area contributed by atoms with Gasteiger partial charge in [0.2, 0.25) is 5.91 Å². The first-order valence-corrected chi connectivity index (χ1v) is 11.5. The molecule has 0 spiro atoms. The molecule has 170 valence electrons. The van der Waals surface area contributed by atoms with E-state index in [-0.39, 0.29) is 22.5 Å². The Morgan fingerprint density at radius 1 is 1.16 bits per heavy atom. The van der Waals surface area contributed by atoms with Gasteiger partial charge >= 0.3 is 6.18 Å². The van der Waals surface area contributed by atoms with E-state index in [1.54, 1.807) is 6.07 Å². The van der Waals surface area contributed by atoms with Crippen molar-refractivity contribution in [1.82, 2.24) is 25.0 Å². The minimum absolute atomic E-state index is 0.0166. The molecule has 1 aliphatic heterocycles. The molecule has 0 saturated carbocycles. The number of carbonyl (C=O) groups excluding carboxylic acids is 1. The third-order valence-electron chi connectivity index (χ3n) is 5.00. The summed E-state index contributed by atoms with van der Waals surface area (Å²) in [6.07, 6.45) is -1.23. The number of hydrogen-bond acceptors (Lipinski definition) is 5. The molecule has 1 aliphatic rings. The van der Waals surface area contributed by atoms with Crippen LogP contribution < -0.4 is 5.32 Å². The number of halogens is 3. The van der Waals surface area contributed by atoms with Crippen LogP contribution in [0.4, 0.5) is 13.2 Å².